The Morgan fingerprint density at radius 3 is 2.07 bits per heavy atom. The van der Waals surface area contributed by atoms with Crippen molar-refractivity contribution in [1.82, 2.24) is 9.88 Å². The first-order chi connectivity index (χ1) is 14.6. The predicted molar refractivity (Wildman–Crippen MR) is 116 cm³/mol. The molecule has 0 unspecified atom stereocenters. The van der Waals surface area contributed by atoms with Crippen LogP contribution in [0.4, 0.5) is 10.5 Å². The first-order valence-electron chi connectivity index (χ1n) is 9.46. The van der Waals surface area contributed by atoms with Crippen LogP contribution in [0.3, 0.4) is 0 Å². The van der Waals surface area contributed by atoms with Crippen LogP contribution in [-0.2, 0) is 6.54 Å². The van der Waals surface area contributed by atoms with Gasteiger partial charge in [0.15, 0.2) is 0 Å². The van der Waals surface area contributed by atoms with Gasteiger partial charge in [-0.3, -0.25) is 14.9 Å². The minimum atomic E-state index is -0.739. The number of hydrogen-bond donors (Lipinski definition) is 2. The molecular formula is C24H19N3O3. The fourth-order valence-electron chi connectivity index (χ4n) is 3.34. The number of hydrogen-bond acceptors (Lipinski definition) is 3. The number of para-hydroxylation sites is 1. The first kappa shape index (κ1) is 19.1. The Labute approximate surface area is 173 Å². The zero-order chi connectivity index (χ0) is 20.9. The summed E-state index contributed by atoms with van der Waals surface area (Å²) >= 11 is 0. The van der Waals surface area contributed by atoms with E-state index >= 15 is 0 Å². The van der Waals surface area contributed by atoms with Crippen LogP contribution >= 0.6 is 0 Å². The fourth-order valence-corrected chi connectivity index (χ4v) is 3.34. The lowest BCUT2D eigenvalue weighted by Gasteiger charge is -2.06. The Hall–Kier alpha value is -4.19. The van der Waals surface area contributed by atoms with Gasteiger partial charge in [-0.1, -0.05) is 72.8 Å². The maximum absolute atomic E-state index is 13.1. The van der Waals surface area contributed by atoms with Gasteiger partial charge in [0.05, 0.1) is 12.2 Å². The van der Waals surface area contributed by atoms with Gasteiger partial charge in [0.1, 0.15) is 5.56 Å². The topological polar surface area (TPSA) is 80.2 Å². The van der Waals surface area contributed by atoms with Gasteiger partial charge in [-0.15, -0.1) is 0 Å². The lowest BCUT2D eigenvalue weighted by molar-refractivity contribution is 0.0966. The molecule has 2 aromatic rings. The van der Waals surface area contributed by atoms with Crippen molar-refractivity contribution < 1.29 is 9.59 Å². The third-order valence-corrected chi connectivity index (χ3v) is 4.70. The number of fused-ring (bicyclic) bond motifs is 1. The highest BCUT2D eigenvalue weighted by atomic mass is 16.2. The molecule has 0 spiro atoms. The zero-order valence-corrected chi connectivity index (χ0v) is 16.0. The molecule has 6 heteroatoms. The van der Waals surface area contributed by atoms with Crippen LogP contribution in [0, 0.1) is 0 Å². The summed E-state index contributed by atoms with van der Waals surface area (Å²) in [6, 6.07) is 26.5. The van der Waals surface area contributed by atoms with Crippen LogP contribution in [0.1, 0.15) is 15.9 Å². The average Bonchev–Trinajstić information content (AvgIpc) is 2.88. The third-order valence-electron chi connectivity index (χ3n) is 4.70. The fraction of sp³-hybridized carbons (Fsp3) is 0.0417. The minimum Gasteiger partial charge on any atom is -0.308 e. The standard InChI is InChI=1S/C24H19N3O3/c28-22(26-24(30)25-18-12-6-2-7-13-18)21-19-14-8-3-9-15-20(19)27(23(21)29)16-17-10-4-1-5-11-17/h1-15H,16H2,(H2,25,26,28,30). The molecule has 2 aromatic carbocycles. The molecule has 0 radical (unpaired) electrons. The van der Waals surface area contributed by atoms with Gasteiger partial charge in [0, 0.05) is 11.3 Å². The highest BCUT2D eigenvalue weighted by Gasteiger charge is 2.26. The average molecular weight is 397 g/mol. The van der Waals surface area contributed by atoms with Gasteiger partial charge in [-0.25, -0.2) is 4.79 Å². The molecule has 2 N–H and O–H groups in total. The van der Waals surface area contributed by atoms with Crippen molar-refractivity contribution in [3.63, 3.8) is 0 Å². The van der Waals surface area contributed by atoms with Crippen LogP contribution in [0.15, 0.2) is 95.8 Å². The van der Waals surface area contributed by atoms with Crippen LogP contribution in [0.25, 0.3) is 11.3 Å². The van der Waals surface area contributed by atoms with E-state index in [2.05, 4.69) is 10.6 Å². The summed E-state index contributed by atoms with van der Waals surface area (Å²) < 4.78 is 1.55. The van der Waals surface area contributed by atoms with Crippen LogP contribution in [-0.4, -0.2) is 16.5 Å². The van der Waals surface area contributed by atoms with Crippen molar-refractivity contribution in [3.8, 4) is 11.3 Å². The van der Waals surface area contributed by atoms with Crippen molar-refractivity contribution in [3.05, 3.63) is 112 Å². The zero-order valence-electron chi connectivity index (χ0n) is 16.0. The van der Waals surface area contributed by atoms with E-state index < -0.39 is 17.5 Å². The molecule has 0 atom stereocenters. The molecule has 0 saturated carbocycles. The number of urea groups is 1. The van der Waals surface area contributed by atoms with E-state index in [-0.39, 0.29) is 5.56 Å². The van der Waals surface area contributed by atoms with Gasteiger partial charge in [0.2, 0.25) is 0 Å². The number of aromatic nitrogens is 1. The van der Waals surface area contributed by atoms with Crippen molar-refractivity contribution in [2.24, 2.45) is 0 Å². The molecule has 0 bridgehead atoms. The second-order valence-electron chi connectivity index (χ2n) is 6.74. The van der Waals surface area contributed by atoms with E-state index in [9.17, 15) is 14.4 Å². The number of amides is 3. The molecule has 30 heavy (non-hydrogen) atoms. The minimum absolute atomic E-state index is 0.0552. The Kier molecular flexibility index (Phi) is 5.39. The quantitative estimate of drug-likeness (QED) is 0.547. The van der Waals surface area contributed by atoms with E-state index in [0.717, 1.165) is 5.56 Å². The molecule has 0 aromatic heterocycles. The number of nitrogens with zero attached hydrogens (tertiary/aromatic N) is 1. The van der Waals surface area contributed by atoms with E-state index in [0.29, 0.717) is 23.5 Å². The van der Waals surface area contributed by atoms with Crippen molar-refractivity contribution in [2.45, 2.75) is 6.54 Å². The largest absolute Gasteiger partial charge is 0.326 e. The smallest absolute Gasteiger partial charge is 0.308 e. The van der Waals surface area contributed by atoms with Crippen molar-refractivity contribution in [1.29, 1.82) is 0 Å². The van der Waals surface area contributed by atoms with E-state index in [1.54, 1.807) is 47.0 Å². The molecule has 1 aliphatic carbocycles. The third kappa shape index (κ3) is 3.98. The molecule has 6 nitrogen and oxygen atoms in total. The van der Waals surface area contributed by atoms with Crippen LogP contribution in [0.5, 0.6) is 0 Å². The molecule has 4 rings (SSSR count). The Balaban J connectivity index is 1.67. The monoisotopic (exact) mass is 397 g/mol. The maximum Gasteiger partial charge on any atom is 0.326 e. The Morgan fingerprint density at radius 1 is 0.767 bits per heavy atom. The summed E-state index contributed by atoms with van der Waals surface area (Å²) in [5.74, 6) is -0.739. The van der Waals surface area contributed by atoms with Crippen LogP contribution in [0.2, 0.25) is 0 Å². The first-order valence-corrected chi connectivity index (χ1v) is 9.46. The number of anilines is 1. The second kappa shape index (κ2) is 8.45. The van der Waals surface area contributed by atoms with E-state index in [1.807, 2.05) is 48.5 Å². The Morgan fingerprint density at radius 2 is 1.37 bits per heavy atom. The number of nitrogens with one attached hydrogen (secondary N) is 2. The lowest BCUT2D eigenvalue weighted by atomic mass is 10.1. The second-order valence-corrected chi connectivity index (χ2v) is 6.74. The number of benzene rings is 2. The molecule has 3 amide bonds. The highest BCUT2D eigenvalue weighted by Crippen LogP contribution is 2.24. The molecule has 0 fully saturated rings. The summed E-state index contributed by atoms with van der Waals surface area (Å²) in [7, 11) is 0. The molecular weight excluding hydrogens is 378 g/mol. The normalized spacial score (nSPS) is 10.5. The highest BCUT2D eigenvalue weighted by molar-refractivity contribution is 6.10. The van der Waals surface area contributed by atoms with E-state index in [4.69, 9.17) is 0 Å². The van der Waals surface area contributed by atoms with E-state index in [1.165, 1.54) is 0 Å². The summed E-state index contributed by atoms with van der Waals surface area (Å²) in [5.41, 5.74) is 2.11. The predicted octanol–water partition coefficient (Wildman–Crippen LogP) is 3.96. The van der Waals surface area contributed by atoms with Gasteiger partial charge in [-0.2, -0.15) is 0 Å². The SMILES string of the molecule is O=C(NC(=O)c1c2cccccc-2n(Cc2ccccc2)c1=O)Nc1ccccc1. The summed E-state index contributed by atoms with van der Waals surface area (Å²) in [5, 5.41) is 4.85. The van der Waals surface area contributed by atoms with Gasteiger partial charge >= 0.3 is 6.03 Å². The maximum atomic E-state index is 13.1. The van der Waals surface area contributed by atoms with Crippen molar-refractivity contribution >= 4 is 17.6 Å². The number of carbonyl (C=O) groups excluding carboxylic acids is 2. The molecule has 148 valence electrons. The van der Waals surface area contributed by atoms with Crippen LogP contribution < -0.4 is 16.2 Å². The summed E-state index contributed by atoms with van der Waals surface area (Å²) in [4.78, 5) is 38.3. The lowest BCUT2D eigenvalue weighted by Crippen LogP contribution is -2.37. The van der Waals surface area contributed by atoms with Gasteiger partial charge in [0.25, 0.3) is 11.5 Å². The van der Waals surface area contributed by atoms with Crippen molar-refractivity contribution in [2.75, 3.05) is 5.32 Å². The Bertz CT molecular complexity index is 1220. The van der Waals surface area contributed by atoms with Gasteiger partial charge < -0.3 is 9.88 Å². The summed E-state index contributed by atoms with van der Waals surface area (Å²) in [6.07, 6.45) is 0. The molecule has 1 heterocycles. The van der Waals surface area contributed by atoms with Gasteiger partial charge in [-0.05, 0) is 23.8 Å². The molecule has 2 aliphatic rings. The number of carbonyl (C=O) groups is 2. The molecule has 1 aliphatic heterocycles. The number of rotatable bonds is 4. The number of imide groups is 1. The molecule has 0 saturated heterocycles. The summed E-state index contributed by atoms with van der Waals surface area (Å²) in [6.45, 7) is 0.323.